The van der Waals surface area contributed by atoms with Crippen LogP contribution in [0.4, 0.5) is 0 Å². The van der Waals surface area contributed by atoms with E-state index < -0.39 is 0 Å². The lowest BCUT2D eigenvalue weighted by atomic mass is 9.97. The van der Waals surface area contributed by atoms with Crippen LogP contribution >= 0.6 is 0 Å². The zero-order chi connectivity index (χ0) is 10.4. The fourth-order valence-corrected chi connectivity index (χ4v) is 1.94. The Bertz CT molecular complexity index is 617. The van der Waals surface area contributed by atoms with Crippen molar-refractivity contribution in [3.05, 3.63) is 41.6 Å². The van der Waals surface area contributed by atoms with E-state index in [2.05, 4.69) is 4.98 Å². The molecule has 1 aromatic carbocycles. The predicted octanol–water partition coefficient (Wildman–Crippen LogP) is 2.58. The van der Waals surface area contributed by atoms with E-state index in [1.54, 1.807) is 6.08 Å². The molecule has 3 N–H and O–H groups in total. The van der Waals surface area contributed by atoms with Crippen LogP contribution in [0.2, 0.25) is 0 Å². The molecule has 0 amide bonds. The molecule has 0 saturated heterocycles. The number of aromatic nitrogens is 1. The summed E-state index contributed by atoms with van der Waals surface area (Å²) in [4.78, 5) is 3.24. The molecule has 72 valence electrons. The molecule has 3 heteroatoms. The molecular weight excluding hydrogens is 186 g/mol. The van der Waals surface area contributed by atoms with Crippen molar-refractivity contribution in [2.75, 3.05) is 0 Å². The van der Waals surface area contributed by atoms with E-state index in [1.165, 1.54) is 0 Å². The third kappa shape index (κ3) is 1.00. The lowest BCUT2D eigenvalue weighted by Crippen LogP contribution is -2.14. The molecule has 0 aliphatic heterocycles. The van der Waals surface area contributed by atoms with Crippen molar-refractivity contribution < 1.29 is 0 Å². The maximum Gasteiger partial charge on any atom is 0.0889 e. The SMILES string of the molecule is N=C1C=Cc2[nH]c3ccccc3c2C1=N. The summed E-state index contributed by atoms with van der Waals surface area (Å²) in [5, 5.41) is 16.5. The van der Waals surface area contributed by atoms with Gasteiger partial charge in [-0.2, -0.15) is 0 Å². The number of benzene rings is 1. The van der Waals surface area contributed by atoms with Crippen molar-refractivity contribution in [1.82, 2.24) is 4.98 Å². The van der Waals surface area contributed by atoms with Gasteiger partial charge in [0.1, 0.15) is 0 Å². The van der Waals surface area contributed by atoms with Crippen molar-refractivity contribution in [2.45, 2.75) is 0 Å². The molecule has 0 fully saturated rings. The van der Waals surface area contributed by atoms with Crippen LogP contribution in [0.1, 0.15) is 11.3 Å². The van der Waals surface area contributed by atoms with Crippen molar-refractivity contribution in [3.8, 4) is 0 Å². The summed E-state index contributed by atoms with van der Waals surface area (Å²) in [6.07, 6.45) is 3.51. The average molecular weight is 195 g/mol. The fraction of sp³-hybridized carbons (Fsp3) is 0. The van der Waals surface area contributed by atoms with Crippen molar-refractivity contribution in [3.63, 3.8) is 0 Å². The third-order valence-corrected chi connectivity index (χ3v) is 2.67. The Morgan fingerprint density at radius 1 is 1.00 bits per heavy atom. The Balaban J connectivity index is 2.45. The number of para-hydroxylation sites is 1. The van der Waals surface area contributed by atoms with Gasteiger partial charge in [0, 0.05) is 22.2 Å². The second kappa shape index (κ2) is 2.67. The number of fused-ring (bicyclic) bond motifs is 3. The van der Waals surface area contributed by atoms with Crippen LogP contribution in [-0.2, 0) is 0 Å². The van der Waals surface area contributed by atoms with Gasteiger partial charge in [0.25, 0.3) is 0 Å². The molecule has 0 radical (unpaired) electrons. The summed E-state index contributed by atoms with van der Waals surface area (Å²) in [7, 11) is 0. The quantitative estimate of drug-likeness (QED) is 0.578. The van der Waals surface area contributed by atoms with Gasteiger partial charge in [-0.1, -0.05) is 18.2 Å². The monoisotopic (exact) mass is 195 g/mol. The van der Waals surface area contributed by atoms with Gasteiger partial charge in [0.15, 0.2) is 0 Å². The summed E-state index contributed by atoms with van der Waals surface area (Å²) < 4.78 is 0. The Labute approximate surface area is 86.5 Å². The number of aromatic amines is 1. The molecule has 15 heavy (non-hydrogen) atoms. The Morgan fingerprint density at radius 3 is 2.67 bits per heavy atom. The van der Waals surface area contributed by atoms with E-state index in [0.29, 0.717) is 5.71 Å². The number of nitrogens with one attached hydrogen (secondary N) is 3. The van der Waals surface area contributed by atoms with E-state index in [4.69, 9.17) is 10.8 Å². The van der Waals surface area contributed by atoms with Crippen LogP contribution in [0, 0.1) is 10.8 Å². The highest BCUT2D eigenvalue weighted by Gasteiger charge is 2.19. The topological polar surface area (TPSA) is 63.5 Å². The fourth-order valence-electron chi connectivity index (χ4n) is 1.94. The number of H-pyrrole nitrogens is 1. The molecule has 1 aliphatic carbocycles. The second-order valence-corrected chi connectivity index (χ2v) is 3.58. The molecule has 3 nitrogen and oxygen atoms in total. The molecule has 3 rings (SSSR count). The molecule has 0 spiro atoms. The summed E-state index contributed by atoms with van der Waals surface area (Å²) in [5.41, 5.74) is 3.36. The van der Waals surface area contributed by atoms with E-state index in [0.717, 1.165) is 22.2 Å². The molecule has 0 saturated carbocycles. The van der Waals surface area contributed by atoms with Crippen LogP contribution in [-0.4, -0.2) is 16.4 Å². The molecule has 0 atom stereocenters. The first kappa shape index (κ1) is 8.17. The van der Waals surface area contributed by atoms with E-state index in [-0.39, 0.29) is 5.71 Å². The second-order valence-electron chi connectivity index (χ2n) is 3.58. The molecule has 1 heterocycles. The van der Waals surface area contributed by atoms with Crippen LogP contribution < -0.4 is 0 Å². The van der Waals surface area contributed by atoms with E-state index in [1.807, 2.05) is 30.3 Å². The Hall–Kier alpha value is -2.16. The largest absolute Gasteiger partial charge is 0.354 e. The molecule has 1 aliphatic rings. The third-order valence-electron chi connectivity index (χ3n) is 2.67. The van der Waals surface area contributed by atoms with Gasteiger partial charge in [0.05, 0.1) is 11.4 Å². The van der Waals surface area contributed by atoms with E-state index >= 15 is 0 Å². The highest BCUT2D eigenvalue weighted by atomic mass is 14.7. The standard InChI is InChI=1S/C12H9N3/c13-8-5-6-10-11(12(8)14)7-3-1-2-4-9(7)15-10/h1-6,13-15H. The minimum atomic E-state index is 0.271. The molecule has 2 aromatic rings. The molecule has 1 aromatic heterocycles. The normalized spacial score (nSPS) is 14.7. The summed E-state index contributed by atoms with van der Waals surface area (Å²) >= 11 is 0. The van der Waals surface area contributed by atoms with Crippen molar-refractivity contribution in [2.24, 2.45) is 0 Å². The zero-order valence-corrected chi connectivity index (χ0v) is 7.96. The minimum absolute atomic E-state index is 0.271. The lowest BCUT2D eigenvalue weighted by molar-refractivity contribution is 1.40. The smallest absolute Gasteiger partial charge is 0.0889 e. The lowest BCUT2D eigenvalue weighted by Gasteiger charge is -2.07. The predicted molar refractivity (Wildman–Crippen MR) is 61.9 cm³/mol. The first-order chi connectivity index (χ1) is 7.27. The maximum atomic E-state index is 7.88. The van der Waals surface area contributed by atoms with Crippen LogP contribution in [0.15, 0.2) is 30.3 Å². The van der Waals surface area contributed by atoms with E-state index in [9.17, 15) is 0 Å². The van der Waals surface area contributed by atoms with Gasteiger partial charge in [-0.15, -0.1) is 0 Å². The number of hydrogen-bond donors (Lipinski definition) is 3. The van der Waals surface area contributed by atoms with Gasteiger partial charge in [-0.05, 0) is 18.2 Å². The maximum absolute atomic E-state index is 7.88. The van der Waals surface area contributed by atoms with Crippen LogP contribution in [0.25, 0.3) is 17.0 Å². The number of hydrogen-bond acceptors (Lipinski definition) is 2. The first-order valence-corrected chi connectivity index (χ1v) is 4.74. The van der Waals surface area contributed by atoms with Gasteiger partial charge in [0.2, 0.25) is 0 Å². The summed E-state index contributed by atoms with van der Waals surface area (Å²) in [6.45, 7) is 0. The highest BCUT2D eigenvalue weighted by molar-refractivity contribution is 6.53. The van der Waals surface area contributed by atoms with Crippen molar-refractivity contribution in [1.29, 1.82) is 10.8 Å². The highest BCUT2D eigenvalue weighted by Crippen LogP contribution is 2.26. The Morgan fingerprint density at radius 2 is 1.80 bits per heavy atom. The zero-order valence-electron chi connectivity index (χ0n) is 7.96. The number of rotatable bonds is 0. The Kier molecular flexibility index (Phi) is 1.45. The van der Waals surface area contributed by atoms with Gasteiger partial charge in [-0.3, -0.25) is 10.8 Å². The number of allylic oxidation sites excluding steroid dienone is 1. The van der Waals surface area contributed by atoms with Gasteiger partial charge in [-0.25, -0.2) is 0 Å². The van der Waals surface area contributed by atoms with Gasteiger partial charge < -0.3 is 4.98 Å². The summed E-state index contributed by atoms with van der Waals surface area (Å²) in [6, 6.07) is 7.87. The average Bonchev–Trinajstić information content (AvgIpc) is 2.62. The molecule has 0 bridgehead atoms. The van der Waals surface area contributed by atoms with Gasteiger partial charge >= 0.3 is 0 Å². The molecular formula is C12H9N3. The minimum Gasteiger partial charge on any atom is -0.354 e. The van der Waals surface area contributed by atoms with Crippen LogP contribution in [0.5, 0.6) is 0 Å². The summed E-state index contributed by atoms with van der Waals surface area (Å²) in [5.74, 6) is 0. The first-order valence-electron chi connectivity index (χ1n) is 4.74. The van der Waals surface area contributed by atoms with Crippen molar-refractivity contribution >= 4 is 28.4 Å². The molecule has 0 unspecified atom stereocenters. The van der Waals surface area contributed by atoms with Crippen LogP contribution in [0.3, 0.4) is 0 Å².